The number of rotatable bonds is 8. The van der Waals surface area contributed by atoms with Crippen LogP contribution >= 0.6 is 0 Å². The molecule has 2 N–H and O–H groups in total. The number of hydrogen-bond acceptors (Lipinski definition) is 4. The second kappa shape index (κ2) is 10.9. The standard InChI is InChI=1S/C29H31FN4O2/c30-23-13-11-21(12-14-23)20-34-27(25-9-2-3-10-26(25)29(34)36)32-24-8-6-7-22(19-24)28(35)31-15-18-33-16-4-1-5-17-33/h2-3,6-14,19,27,32H,1,4-5,15-18,20H2,(H,31,35). The van der Waals surface area contributed by atoms with Gasteiger partial charge in [0.15, 0.2) is 0 Å². The van der Waals surface area contributed by atoms with Gasteiger partial charge in [-0.2, -0.15) is 0 Å². The van der Waals surface area contributed by atoms with E-state index in [0.29, 0.717) is 24.2 Å². The molecular weight excluding hydrogens is 455 g/mol. The first kappa shape index (κ1) is 24.0. The first-order valence-corrected chi connectivity index (χ1v) is 12.6. The number of nitrogens with one attached hydrogen (secondary N) is 2. The Labute approximate surface area is 211 Å². The van der Waals surface area contributed by atoms with Crippen LogP contribution in [0.5, 0.6) is 0 Å². The fourth-order valence-electron chi connectivity index (χ4n) is 5.00. The number of carbonyl (C=O) groups is 2. The third-order valence-electron chi connectivity index (χ3n) is 6.91. The van der Waals surface area contributed by atoms with Crippen molar-refractivity contribution in [1.29, 1.82) is 0 Å². The molecule has 0 radical (unpaired) electrons. The maximum absolute atomic E-state index is 13.4. The van der Waals surface area contributed by atoms with Crippen LogP contribution < -0.4 is 10.6 Å². The van der Waals surface area contributed by atoms with Crippen molar-refractivity contribution in [1.82, 2.24) is 15.1 Å². The van der Waals surface area contributed by atoms with Gasteiger partial charge in [0.2, 0.25) is 0 Å². The van der Waals surface area contributed by atoms with E-state index in [-0.39, 0.29) is 17.6 Å². The van der Waals surface area contributed by atoms with Gasteiger partial charge >= 0.3 is 0 Å². The number of halogens is 1. The Balaban J connectivity index is 1.29. The number of benzene rings is 3. The summed E-state index contributed by atoms with van der Waals surface area (Å²) in [4.78, 5) is 30.2. The molecule has 0 saturated carbocycles. The predicted octanol–water partition coefficient (Wildman–Crippen LogP) is 4.81. The van der Waals surface area contributed by atoms with E-state index in [1.807, 2.05) is 42.5 Å². The minimum Gasteiger partial charge on any atom is -0.361 e. The SMILES string of the molecule is O=C(NCCN1CCCCC1)c1cccc(NC2c3ccccc3C(=O)N2Cc2ccc(F)cc2)c1. The number of piperidine rings is 1. The average Bonchev–Trinajstić information content (AvgIpc) is 3.17. The van der Waals surface area contributed by atoms with Crippen LogP contribution in [0, 0.1) is 5.82 Å². The van der Waals surface area contributed by atoms with Crippen LogP contribution in [0.3, 0.4) is 0 Å². The summed E-state index contributed by atoms with van der Waals surface area (Å²) in [5.41, 5.74) is 3.68. The van der Waals surface area contributed by atoms with Gasteiger partial charge in [0.05, 0.1) is 0 Å². The number of anilines is 1. The topological polar surface area (TPSA) is 64.7 Å². The first-order valence-electron chi connectivity index (χ1n) is 12.6. The molecule has 1 atom stereocenters. The van der Waals surface area contributed by atoms with Crippen molar-refractivity contribution in [2.75, 3.05) is 31.5 Å². The van der Waals surface area contributed by atoms with Gasteiger partial charge in [0, 0.05) is 42.0 Å². The Hall–Kier alpha value is -3.71. The largest absolute Gasteiger partial charge is 0.361 e. The van der Waals surface area contributed by atoms with Gasteiger partial charge in [-0.15, -0.1) is 0 Å². The highest BCUT2D eigenvalue weighted by atomic mass is 19.1. The summed E-state index contributed by atoms with van der Waals surface area (Å²) < 4.78 is 13.4. The fourth-order valence-corrected chi connectivity index (χ4v) is 5.00. The molecule has 0 aromatic heterocycles. The lowest BCUT2D eigenvalue weighted by Gasteiger charge is -2.27. The monoisotopic (exact) mass is 486 g/mol. The van der Waals surface area contributed by atoms with E-state index >= 15 is 0 Å². The molecule has 3 aromatic rings. The van der Waals surface area contributed by atoms with Gasteiger partial charge < -0.3 is 20.4 Å². The summed E-state index contributed by atoms with van der Waals surface area (Å²) in [6.07, 6.45) is 3.34. The smallest absolute Gasteiger partial charge is 0.256 e. The number of amides is 2. The van der Waals surface area contributed by atoms with E-state index in [2.05, 4.69) is 15.5 Å². The quantitative estimate of drug-likeness (QED) is 0.480. The number of hydrogen-bond donors (Lipinski definition) is 2. The van der Waals surface area contributed by atoms with Crippen molar-refractivity contribution in [2.24, 2.45) is 0 Å². The number of likely N-dealkylation sites (tertiary alicyclic amines) is 1. The van der Waals surface area contributed by atoms with E-state index in [4.69, 9.17) is 0 Å². The van der Waals surface area contributed by atoms with E-state index in [1.165, 1.54) is 31.4 Å². The average molecular weight is 487 g/mol. The summed E-state index contributed by atoms with van der Waals surface area (Å²) in [5.74, 6) is -0.503. The summed E-state index contributed by atoms with van der Waals surface area (Å²) in [5, 5.41) is 6.49. The zero-order valence-corrected chi connectivity index (χ0v) is 20.3. The Morgan fingerprint density at radius 3 is 2.53 bits per heavy atom. The van der Waals surface area contributed by atoms with E-state index in [1.54, 1.807) is 23.1 Å². The maximum Gasteiger partial charge on any atom is 0.256 e. The molecule has 6 nitrogen and oxygen atoms in total. The maximum atomic E-state index is 13.4. The van der Waals surface area contributed by atoms with Crippen LogP contribution in [0.4, 0.5) is 10.1 Å². The van der Waals surface area contributed by atoms with Crippen LogP contribution in [0.25, 0.3) is 0 Å². The van der Waals surface area contributed by atoms with Gasteiger partial charge in [-0.05, 0) is 67.9 Å². The first-order chi connectivity index (χ1) is 17.6. The minimum atomic E-state index is -0.406. The van der Waals surface area contributed by atoms with Crippen molar-refractivity contribution in [2.45, 2.75) is 32.0 Å². The van der Waals surface area contributed by atoms with Gasteiger partial charge in [0.25, 0.3) is 11.8 Å². The minimum absolute atomic E-state index is 0.0842. The molecule has 1 saturated heterocycles. The van der Waals surface area contributed by atoms with Crippen molar-refractivity contribution in [3.63, 3.8) is 0 Å². The number of nitrogens with zero attached hydrogens (tertiary/aromatic N) is 2. The Morgan fingerprint density at radius 2 is 1.72 bits per heavy atom. The van der Waals surface area contributed by atoms with Gasteiger partial charge in [0.1, 0.15) is 12.0 Å². The van der Waals surface area contributed by atoms with E-state index in [9.17, 15) is 14.0 Å². The van der Waals surface area contributed by atoms with Gasteiger partial charge in [-0.1, -0.05) is 42.8 Å². The zero-order chi connectivity index (χ0) is 24.9. The van der Waals surface area contributed by atoms with Crippen molar-refractivity contribution < 1.29 is 14.0 Å². The molecular formula is C29H31FN4O2. The normalized spacial score (nSPS) is 17.6. The third-order valence-corrected chi connectivity index (χ3v) is 6.91. The lowest BCUT2D eigenvalue weighted by Crippen LogP contribution is -2.37. The zero-order valence-electron chi connectivity index (χ0n) is 20.3. The molecule has 0 bridgehead atoms. The Kier molecular flexibility index (Phi) is 7.28. The summed E-state index contributed by atoms with van der Waals surface area (Å²) >= 11 is 0. The molecule has 186 valence electrons. The predicted molar refractivity (Wildman–Crippen MR) is 138 cm³/mol. The summed E-state index contributed by atoms with van der Waals surface area (Å²) in [6.45, 7) is 4.02. The molecule has 7 heteroatoms. The molecule has 0 aliphatic carbocycles. The molecule has 0 spiro atoms. The van der Waals surface area contributed by atoms with Gasteiger partial charge in [-0.3, -0.25) is 9.59 Å². The van der Waals surface area contributed by atoms with Crippen molar-refractivity contribution >= 4 is 17.5 Å². The third kappa shape index (κ3) is 5.41. The van der Waals surface area contributed by atoms with E-state index < -0.39 is 6.17 Å². The van der Waals surface area contributed by atoms with Crippen molar-refractivity contribution in [3.05, 3.63) is 101 Å². The Morgan fingerprint density at radius 1 is 0.944 bits per heavy atom. The molecule has 5 rings (SSSR count). The highest BCUT2D eigenvalue weighted by Gasteiger charge is 2.36. The molecule has 2 heterocycles. The highest BCUT2D eigenvalue weighted by molar-refractivity contribution is 5.99. The molecule has 3 aromatic carbocycles. The molecule has 1 unspecified atom stereocenters. The molecule has 1 fully saturated rings. The van der Waals surface area contributed by atoms with Crippen LogP contribution in [0.1, 0.15) is 57.3 Å². The molecule has 2 aliphatic heterocycles. The van der Waals surface area contributed by atoms with Crippen LogP contribution in [0.15, 0.2) is 72.8 Å². The fraction of sp³-hybridized carbons (Fsp3) is 0.310. The van der Waals surface area contributed by atoms with Crippen LogP contribution in [0.2, 0.25) is 0 Å². The number of fused-ring (bicyclic) bond motifs is 1. The lowest BCUT2D eigenvalue weighted by atomic mass is 10.1. The van der Waals surface area contributed by atoms with E-state index in [0.717, 1.165) is 36.4 Å². The summed E-state index contributed by atoms with van der Waals surface area (Å²) in [7, 11) is 0. The molecule has 2 aliphatic rings. The van der Waals surface area contributed by atoms with Gasteiger partial charge in [-0.25, -0.2) is 4.39 Å². The van der Waals surface area contributed by atoms with Crippen LogP contribution in [-0.4, -0.2) is 47.8 Å². The van der Waals surface area contributed by atoms with Crippen LogP contribution in [-0.2, 0) is 6.54 Å². The number of carbonyl (C=O) groups excluding carboxylic acids is 2. The molecule has 36 heavy (non-hydrogen) atoms. The molecule has 2 amide bonds. The lowest BCUT2D eigenvalue weighted by molar-refractivity contribution is 0.0728. The highest BCUT2D eigenvalue weighted by Crippen LogP contribution is 2.35. The Bertz CT molecular complexity index is 1220. The second-order valence-electron chi connectivity index (χ2n) is 9.43. The summed E-state index contributed by atoms with van der Waals surface area (Å²) in [6, 6.07) is 21.1. The van der Waals surface area contributed by atoms with Crippen molar-refractivity contribution in [3.8, 4) is 0 Å². The second-order valence-corrected chi connectivity index (χ2v) is 9.43.